The second kappa shape index (κ2) is 12.4. The minimum atomic E-state index is -2.27. The van der Waals surface area contributed by atoms with E-state index in [1.54, 1.807) is 22.3 Å². The fourth-order valence-corrected chi connectivity index (χ4v) is 32.9. The van der Waals surface area contributed by atoms with Crippen molar-refractivity contribution in [3.05, 3.63) is 153 Å². The van der Waals surface area contributed by atoms with Crippen LogP contribution in [0.1, 0.15) is 50.3 Å². The van der Waals surface area contributed by atoms with Gasteiger partial charge < -0.3 is 0 Å². The van der Waals surface area contributed by atoms with Crippen LogP contribution >= 0.6 is 15.9 Å². The van der Waals surface area contributed by atoms with Crippen molar-refractivity contribution in [2.24, 2.45) is 5.92 Å². The molecule has 2 unspecified atom stereocenters. The van der Waals surface area contributed by atoms with Crippen LogP contribution in [-0.4, -0.2) is 5.92 Å². The van der Waals surface area contributed by atoms with Crippen molar-refractivity contribution >= 4 is 55.6 Å². The van der Waals surface area contributed by atoms with Crippen LogP contribution in [0.4, 0.5) is 0 Å². The van der Waals surface area contributed by atoms with E-state index in [-0.39, 0.29) is 0 Å². The van der Waals surface area contributed by atoms with Gasteiger partial charge in [0.25, 0.3) is 0 Å². The van der Waals surface area contributed by atoms with Gasteiger partial charge in [-0.2, -0.15) is 0 Å². The standard InChI is InChI=1S/C22H19.C20H14Br.C2H7Si.Zr/c1-15(2)18-13-17-9-6-12-21(22(17)14-18)20-11-5-8-16-7-3-4-10-19(16)20;1-13-11-18-17(9-10-20(21)19(18)12-13)16-8-4-6-14-5-2-3-7-15(14)16;1-3-2;/h3-15H,1-2H3;2-12H,1H3;3H,1-2H3;. The maximum atomic E-state index is 4.14. The molecule has 0 radical (unpaired) electrons. The first-order chi connectivity index (χ1) is 22.8. The Kier molecular flexibility index (Phi) is 8.23. The summed E-state index contributed by atoms with van der Waals surface area (Å²) in [5, 5.41) is 5.30. The molecule has 6 aromatic carbocycles. The van der Waals surface area contributed by atoms with Gasteiger partial charge in [-0.15, -0.1) is 0 Å². The van der Waals surface area contributed by atoms with Gasteiger partial charge in [0.1, 0.15) is 0 Å². The van der Waals surface area contributed by atoms with E-state index in [1.165, 1.54) is 59.4 Å². The molecule has 0 heterocycles. The number of allylic oxidation sites excluding steroid dienone is 2. The fraction of sp³-hybridized carbons (Fsp3) is 0.182. The third-order valence-corrected chi connectivity index (χ3v) is 33.1. The Morgan fingerprint density at radius 2 is 1.15 bits per heavy atom. The summed E-state index contributed by atoms with van der Waals surface area (Å²) in [4.78, 5) is 0. The summed E-state index contributed by atoms with van der Waals surface area (Å²) in [6.45, 7) is 12.7. The predicted octanol–water partition coefficient (Wildman–Crippen LogP) is 12.9. The molecule has 2 atom stereocenters. The molecule has 2 aliphatic carbocycles. The molecule has 6 aromatic rings. The Morgan fingerprint density at radius 3 is 1.77 bits per heavy atom. The minimum absolute atomic E-state index is 0.520. The molecule has 2 aliphatic rings. The molecule has 8 rings (SSSR count). The molecule has 0 saturated heterocycles. The first-order valence-electron chi connectivity index (χ1n) is 17.0. The number of benzene rings is 6. The third-order valence-electron chi connectivity index (χ3n) is 10.6. The van der Waals surface area contributed by atoms with Gasteiger partial charge in [-0.1, -0.05) is 0 Å². The molecule has 0 fully saturated rings. The van der Waals surface area contributed by atoms with Crippen molar-refractivity contribution in [2.75, 3.05) is 0 Å². The van der Waals surface area contributed by atoms with Crippen LogP contribution in [0.5, 0.6) is 0 Å². The number of hydrogen-bond acceptors (Lipinski definition) is 0. The Labute approximate surface area is 296 Å². The average Bonchev–Trinajstić information content (AvgIpc) is 3.63. The molecule has 0 bridgehead atoms. The van der Waals surface area contributed by atoms with Gasteiger partial charge in [0.15, 0.2) is 0 Å². The van der Waals surface area contributed by atoms with E-state index in [0.717, 1.165) is 0 Å². The molecular formula is C44H40BrSiZr. The summed E-state index contributed by atoms with van der Waals surface area (Å²) < 4.78 is 2.46. The van der Waals surface area contributed by atoms with Crippen molar-refractivity contribution in [3.63, 3.8) is 0 Å². The van der Waals surface area contributed by atoms with E-state index in [0.29, 0.717) is 13.2 Å². The molecule has 231 valence electrons. The van der Waals surface area contributed by atoms with Crippen molar-refractivity contribution in [1.82, 2.24) is 0 Å². The second-order valence-electron chi connectivity index (χ2n) is 14.0. The molecule has 47 heavy (non-hydrogen) atoms. The molecular weight excluding hydrogens is 728 g/mol. The summed E-state index contributed by atoms with van der Waals surface area (Å²) in [5.41, 5.74) is 14.9. The van der Waals surface area contributed by atoms with Crippen LogP contribution in [0.2, 0.25) is 13.1 Å². The topological polar surface area (TPSA) is 0 Å². The van der Waals surface area contributed by atoms with Crippen LogP contribution in [0.25, 0.3) is 56.0 Å². The van der Waals surface area contributed by atoms with Crippen LogP contribution < -0.4 is 0 Å². The average molecular weight is 768 g/mol. The van der Waals surface area contributed by atoms with E-state index in [4.69, 9.17) is 0 Å². The van der Waals surface area contributed by atoms with E-state index >= 15 is 0 Å². The number of hydrogen-bond donors (Lipinski definition) is 0. The van der Waals surface area contributed by atoms with E-state index < -0.39 is 26.8 Å². The summed E-state index contributed by atoms with van der Waals surface area (Å²) in [7, 11) is 0. The molecule has 0 nitrogen and oxygen atoms in total. The van der Waals surface area contributed by atoms with Crippen molar-refractivity contribution in [2.45, 2.75) is 41.1 Å². The summed E-state index contributed by atoms with van der Waals surface area (Å²) in [6, 6.07) is 43.2. The first-order valence-corrected chi connectivity index (χ1v) is 27.8. The Hall–Kier alpha value is -3.10. The van der Waals surface area contributed by atoms with Gasteiger partial charge >= 0.3 is 299 Å². The zero-order chi connectivity index (χ0) is 32.4. The molecule has 0 aliphatic heterocycles. The number of halogens is 1. The number of rotatable bonds is 6. The molecule has 3 heteroatoms. The normalized spacial score (nSPS) is 16.9. The maximum absolute atomic E-state index is 4.14. The van der Waals surface area contributed by atoms with Gasteiger partial charge in [-0.25, -0.2) is 0 Å². The van der Waals surface area contributed by atoms with Gasteiger partial charge in [0.2, 0.25) is 0 Å². The summed E-state index contributed by atoms with van der Waals surface area (Å²) >= 11 is 1.87. The van der Waals surface area contributed by atoms with Crippen molar-refractivity contribution < 1.29 is 20.9 Å². The first kappa shape index (κ1) is 31.2. The number of fused-ring (bicyclic) bond motifs is 4. The Morgan fingerprint density at radius 1 is 0.596 bits per heavy atom. The van der Waals surface area contributed by atoms with Crippen LogP contribution in [0.15, 0.2) is 131 Å². The quantitative estimate of drug-likeness (QED) is 0.148. The molecule has 0 spiro atoms. The van der Waals surface area contributed by atoms with E-state index in [1.807, 2.05) is 0 Å². The molecule has 0 saturated carbocycles. The van der Waals surface area contributed by atoms with E-state index in [2.05, 4.69) is 177 Å². The third kappa shape index (κ3) is 5.16. The van der Waals surface area contributed by atoms with Gasteiger partial charge in [-0.05, 0) is 0 Å². The monoisotopic (exact) mass is 765 g/mol. The zero-order valence-corrected chi connectivity index (χ0v) is 33.0. The van der Waals surface area contributed by atoms with Gasteiger partial charge in [0.05, 0.1) is 0 Å². The predicted molar refractivity (Wildman–Crippen MR) is 207 cm³/mol. The Balaban J connectivity index is 1.31. The fourth-order valence-electron chi connectivity index (χ4n) is 8.55. The molecule has 0 amide bonds. The molecule has 0 aromatic heterocycles. The Bertz CT molecular complexity index is 2250. The van der Waals surface area contributed by atoms with Crippen LogP contribution in [-0.2, 0) is 20.9 Å². The van der Waals surface area contributed by atoms with E-state index in [9.17, 15) is 0 Å². The second-order valence-corrected chi connectivity index (χ2v) is 34.9. The van der Waals surface area contributed by atoms with Crippen molar-refractivity contribution in [1.29, 1.82) is 0 Å². The zero-order valence-electron chi connectivity index (χ0n) is 27.8. The van der Waals surface area contributed by atoms with Crippen LogP contribution in [0.3, 0.4) is 0 Å². The molecule has 0 N–H and O–H groups in total. The summed E-state index contributed by atoms with van der Waals surface area (Å²) in [5.74, 6) is -0.494. The summed E-state index contributed by atoms with van der Waals surface area (Å²) in [6.07, 6.45) is 5.20. The van der Waals surface area contributed by atoms with Crippen molar-refractivity contribution in [3.8, 4) is 22.3 Å². The van der Waals surface area contributed by atoms with Crippen LogP contribution in [0, 0.1) is 5.92 Å². The SMILES string of the molecule is CC1=Cc2c(-c3cccc4ccccc34)ccc(Br)c2[CH]1[Zr]([CH]1C(C(C)C)=Cc2c(-c3cccc4ccccc34)cccc21)[SiH](C)C. The van der Waals surface area contributed by atoms with Gasteiger partial charge in [0, 0.05) is 0 Å². The van der Waals surface area contributed by atoms with Gasteiger partial charge in [-0.3, -0.25) is 0 Å².